The summed E-state index contributed by atoms with van der Waals surface area (Å²) in [5.74, 6) is 0. The number of imidazole rings is 1. The highest BCUT2D eigenvalue weighted by Gasteiger charge is 2.41. The van der Waals surface area contributed by atoms with Gasteiger partial charge in [-0.2, -0.15) is 11.8 Å². The van der Waals surface area contributed by atoms with Gasteiger partial charge in [0, 0.05) is 28.9 Å². The van der Waals surface area contributed by atoms with Gasteiger partial charge in [0.25, 0.3) is 0 Å². The molecule has 0 amide bonds. The topological polar surface area (TPSA) is 29.3 Å². The van der Waals surface area contributed by atoms with E-state index in [9.17, 15) is 0 Å². The summed E-state index contributed by atoms with van der Waals surface area (Å²) >= 11 is 3.77. The van der Waals surface area contributed by atoms with Crippen molar-refractivity contribution < 1.29 is 0 Å². The molecule has 0 unspecified atom stereocenters. The summed E-state index contributed by atoms with van der Waals surface area (Å²) in [6, 6.07) is 0. The van der Waals surface area contributed by atoms with Crippen LogP contribution in [0.1, 0.15) is 29.1 Å². The Bertz CT molecular complexity index is 566. The summed E-state index contributed by atoms with van der Waals surface area (Å²) in [4.78, 5) is 7.06. The molecule has 98 valence electrons. The molecule has 2 heterocycles. The fourth-order valence-electron chi connectivity index (χ4n) is 2.32. The average Bonchev–Trinajstić information content (AvgIpc) is 2.95. The van der Waals surface area contributed by atoms with Crippen molar-refractivity contribution in [3.63, 3.8) is 0 Å². The SMILES string of the molecule is CSC1(CNCc2c(C)nc3sc(C)cn23)CC1. The van der Waals surface area contributed by atoms with Crippen LogP contribution in [-0.2, 0) is 6.54 Å². The van der Waals surface area contributed by atoms with Crippen molar-refractivity contribution in [1.82, 2.24) is 14.7 Å². The van der Waals surface area contributed by atoms with Gasteiger partial charge in [-0.3, -0.25) is 4.40 Å². The quantitative estimate of drug-likeness (QED) is 0.913. The van der Waals surface area contributed by atoms with Crippen LogP contribution in [0.15, 0.2) is 6.20 Å². The van der Waals surface area contributed by atoms with Crippen molar-refractivity contribution in [1.29, 1.82) is 0 Å². The molecule has 18 heavy (non-hydrogen) atoms. The zero-order chi connectivity index (χ0) is 12.8. The Morgan fingerprint density at radius 2 is 2.28 bits per heavy atom. The van der Waals surface area contributed by atoms with E-state index in [1.807, 2.05) is 11.8 Å². The minimum Gasteiger partial charge on any atom is -0.310 e. The van der Waals surface area contributed by atoms with Crippen LogP contribution in [0.2, 0.25) is 0 Å². The molecule has 0 saturated heterocycles. The van der Waals surface area contributed by atoms with E-state index < -0.39 is 0 Å². The third-order valence-corrected chi connectivity index (χ3v) is 6.04. The first-order valence-corrected chi connectivity index (χ1v) is 8.37. The van der Waals surface area contributed by atoms with Gasteiger partial charge in [-0.15, -0.1) is 11.3 Å². The lowest BCUT2D eigenvalue weighted by atomic mass is 10.3. The zero-order valence-corrected chi connectivity index (χ0v) is 12.7. The molecule has 1 N–H and O–H groups in total. The molecule has 0 radical (unpaired) electrons. The van der Waals surface area contributed by atoms with E-state index in [0.29, 0.717) is 4.75 Å². The van der Waals surface area contributed by atoms with E-state index >= 15 is 0 Å². The molecule has 2 aromatic heterocycles. The van der Waals surface area contributed by atoms with Crippen molar-refractivity contribution in [2.75, 3.05) is 12.8 Å². The third kappa shape index (κ3) is 2.19. The molecule has 0 aliphatic heterocycles. The molecule has 1 fully saturated rings. The zero-order valence-electron chi connectivity index (χ0n) is 11.1. The Hall–Kier alpha value is -0.520. The first-order valence-electron chi connectivity index (χ1n) is 6.33. The number of hydrogen-bond donors (Lipinski definition) is 1. The second kappa shape index (κ2) is 4.54. The van der Waals surface area contributed by atoms with Crippen molar-refractivity contribution in [2.24, 2.45) is 0 Å². The fourth-order valence-corrected chi connectivity index (χ4v) is 3.97. The van der Waals surface area contributed by atoms with Crippen LogP contribution in [0.25, 0.3) is 4.96 Å². The van der Waals surface area contributed by atoms with Crippen molar-refractivity contribution in [3.8, 4) is 0 Å². The Labute approximate surface area is 116 Å². The monoisotopic (exact) mass is 281 g/mol. The van der Waals surface area contributed by atoms with Crippen LogP contribution < -0.4 is 5.32 Å². The maximum atomic E-state index is 4.62. The largest absolute Gasteiger partial charge is 0.310 e. The van der Waals surface area contributed by atoms with Crippen LogP contribution >= 0.6 is 23.1 Å². The van der Waals surface area contributed by atoms with Gasteiger partial charge in [-0.25, -0.2) is 4.98 Å². The van der Waals surface area contributed by atoms with Crippen molar-refractivity contribution in [2.45, 2.75) is 38.0 Å². The minimum atomic E-state index is 0.530. The summed E-state index contributed by atoms with van der Waals surface area (Å²) in [6.45, 7) is 6.28. The van der Waals surface area contributed by atoms with Gasteiger partial charge in [-0.1, -0.05) is 0 Å². The molecule has 0 spiro atoms. The predicted molar refractivity (Wildman–Crippen MR) is 79.7 cm³/mol. The smallest absolute Gasteiger partial charge is 0.194 e. The molecule has 5 heteroatoms. The Kier molecular flexibility index (Phi) is 3.16. The normalized spacial score (nSPS) is 17.5. The third-order valence-electron chi connectivity index (χ3n) is 3.72. The number of fused-ring (bicyclic) bond motifs is 1. The van der Waals surface area contributed by atoms with Crippen LogP contribution in [-0.4, -0.2) is 26.9 Å². The molecule has 0 aromatic carbocycles. The van der Waals surface area contributed by atoms with Gasteiger partial charge in [-0.05, 0) is 32.9 Å². The second-order valence-corrected chi connectivity index (χ2v) is 7.62. The van der Waals surface area contributed by atoms with Crippen LogP contribution in [0.3, 0.4) is 0 Å². The lowest BCUT2D eigenvalue weighted by Gasteiger charge is -2.12. The van der Waals surface area contributed by atoms with E-state index in [0.717, 1.165) is 23.7 Å². The summed E-state index contributed by atoms with van der Waals surface area (Å²) in [5, 5.41) is 3.61. The van der Waals surface area contributed by atoms with Gasteiger partial charge in [0.05, 0.1) is 11.4 Å². The number of rotatable bonds is 5. The first kappa shape index (κ1) is 12.5. The number of aryl methyl sites for hydroxylation is 2. The van der Waals surface area contributed by atoms with E-state index in [2.05, 4.69) is 41.0 Å². The summed E-state index contributed by atoms with van der Waals surface area (Å²) in [7, 11) is 0. The van der Waals surface area contributed by atoms with Gasteiger partial charge < -0.3 is 5.32 Å². The molecule has 0 bridgehead atoms. The standard InChI is InChI=1S/C13H19N3S2/c1-9-7-16-11(10(2)15-12(16)18-9)6-14-8-13(17-3)4-5-13/h7,14H,4-6,8H2,1-3H3. The van der Waals surface area contributed by atoms with E-state index in [-0.39, 0.29) is 0 Å². The highest BCUT2D eigenvalue weighted by atomic mass is 32.2. The highest BCUT2D eigenvalue weighted by molar-refractivity contribution is 8.00. The molecule has 3 rings (SSSR count). The van der Waals surface area contributed by atoms with Gasteiger partial charge in [0.2, 0.25) is 0 Å². The molecule has 1 aliphatic rings. The molecule has 0 atom stereocenters. The molecule has 2 aromatic rings. The summed E-state index contributed by atoms with van der Waals surface area (Å²) in [6.07, 6.45) is 7.14. The number of aromatic nitrogens is 2. The maximum Gasteiger partial charge on any atom is 0.194 e. The number of thiazole rings is 1. The Morgan fingerprint density at radius 3 is 2.94 bits per heavy atom. The highest BCUT2D eigenvalue weighted by Crippen LogP contribution is 2.46. The number of nitrogens with zero attached hydrogens (tertiary/aromatic N) is 2. The maximum absolute atomic E-state index is 4.62. The van der Waals surface area contributed by atoms with E-state index in [1.165, 1.54) is 23.4 Å². The van der Waals surface area contributed by atoms with Gasteiger partial charge >= 0.3 is 0 Å². The Morgan fingerprint density at radius 1 is 1.50 bits per heavy atom. The Balaban J connectivity index is 1.71. The lowest BCUT2D eigenvalue weighted by molar-refractivity contribution is 0.647. The van der Waals surface area contributed by atoms with Gasteiger partial charge in [0.15, 0.2) is 4.96 Å². The summed E-state index contributed by atoms with van der Waals surface area (Å²) in [5.41, 5.74) is 2.47. The number of hydrogen-bond acceptors (Lipinski definition) is 4. The minimum absolute atomic E-state index is 0.530. The average molecular weight is 281 g/mol. The summed E-state index contributed by atoms with van der Waals surface area (Å²) < 4.78 is 2.77. The van der Waals surface area contributed by atoms with Crippen molar-refractivity contribution >= 4 is 28.1 Å². The fraction of sp³-hybridized carbons (Fsp3) is 0.615. The van der Waals surface area contributed by atoms with Crippen LogP contribution in [0, 0.1) is 13.8 Å². The molecular formula is C13H19N3S2. The molecule has 3 nitrogen and oxygen atoms in total. The van der Waals surface area contributed by atoms with E-state index in [4.69, 9.17) is 0 Å². The van der Waals surface area contributed by atoms with Gasteiger partial charge in [0.1, 0.15) is 0 Å². The predicted octanol–water partition coefficient (Wildman–Crippen LogP) is 3.00. The first-order chi connectivity index (χ1) is 8.63. The van der Waals surface area contributed by atoms with Crippen LogP contribution in [0.4, 0.5) is 0 Å². The second-order valence-electron chi connectivity index (χ2n) is 5.13. The molecular weight excluding hydrogens is 262 g/mol. The van der Waals surface area contributed by atoms with Crippen LogP contribution in [0.5, 0.6) is 0 Å². The lowest BCUT2D eigenvalue weighted by Crippen LogP contribution is -2.26. The van der Waals surface area contributed by atoms with E-state index in [1.54, 1.807) is 11.3 Å². The number of nitrogens with one attached hydrogen (secondary N) is 1. The van der Waals surface area contributed by atoms with Crippen molar-refractivity contribution in [3.05, 3.63) is 22.5 Å². The number of thioether (sulfide) groups is 1. The molecule has 1 aliphatic carbocycles. The molecule has 1 saturated carbocycles.